The van der Waals surface area contributed by atoms with Gasteiger partial charge < -0.3 is 10.3 Å². The van der Waals surface area contributed by atoms with Crippen molar-refractivity contribution in [2.45, 2.75) is 64.3 Å². The van der Waals surface area contributed by atoms with Crippen LogP contribution in [0.3, 0.4) is 0 Å². The molecule has 1 unspecified atom stereocenters. The molecular formula is C15H26N4. The Hall–Kier alpha value is -0.900. The van der Waals surface area contributed by atoms with Gasteiger partial charge in [-0.1, -0.05) is 38.5 Å². The second-order valence-corrected chi connectivity index (χ2v) is 6.35. The van der Waals surface area contributed by atoms with Crippen molar-refractivity contribution in [3.8, 4) is 0 Å². The number of nitrogens with two attached hydrogens (primary N) is 1. The van der Waals surface area contributed by atoms with Crippen LogP contribution in [-0.4, -0.2) is 21.3 Å². The van der Waals surface area contributed by atoms with Crippen molar-refractivity contribution in [3.63, 3.8) is 0 Å². The highest BCUT2D eigenvalue weighted by atomic mass is 15.3. The van der Waals surface area contributed by atoms with Crippen LogP contribution in [0, 0.1) is 11.8 Å². The van der Waals surface area contributed by atoms with Gasteiger partial charge in [-0.2, -0.15) is 0 Å². The maximum atomic E-state index is 5.83. The number of nitrogens with zero attached hydrogens (tertiary/aromatic N) is 3. The lowest BCUT2D eigenvalue weighted by atomic mass is 9.95. The van der Waals surface area contributed by atoms with E-state index in [0.29, 0.717) is 5.92 Å². The fourth-order valence-electron chi connectivity index (χ4n) is 3.62. The number of fused-ring (bicyclic) bond motifs is 1. The average molecular weight is 262 g/mol. The van der Waals surface area contributed by atoms with Gasteiger partial charge in [0.1, 0.15) is 11.6 Å². The van der Waals surface area contributed by atoms with Crippen molar-refractivity contribution >= 4 is 0 Å². The second kappa shape index (κ2) is 6.04. The van der Waals surface area contributed by atoms with E-state index in [4.69, 9.17) is 5.73 Å². The molecule has 1 fully saturated rings. The molecule has 0 saturated heterocycles. The van der Waals surface area contributed by atoms with Gasteiger partial charge in [-0.3, -0.25) is 0 Å². The highest BCUT2D eigenvalue weighted by molar-refractivity contribution is 5.01. The molecule has 0 radical (unpaired) electrons. The van der Waals surface area contributed by atoms with Crippen LogP contribution in [0.4, 0.5) is 0 Å². The smallest absolute Gasteiger partial charge is 0.133 e. The molecule has 0 amide bonds. The summed E-state index contributed by atoms with van der Waals surface area (Å²) in [6, 6.07) is 0. The minimum atomic E-state index is 0.622. The van der Waals surface area contributed by atoms with Crippen molar-refractivity contribution in [2.75, 3.05) is 6.54 Å². The fraction of sp³-hybridized carbons (Fsp3) is 0.867. The third-order valence-corrected chi connectivity index (χ3v) is 4.90. The van der Waals surface area contributed by atoms with E-state index < -0.39 is 0 Å². The van der Waals surface area contributed by atoms with Gasteiger partial charge in [-0.05, 0) is 24.8 Å². The van der Waals surface area contributed by atoms with Crippen LogP contribution in [0.2, 0.25) is 0 Å². The molecule has 2 N–H and O–H groups in total. The molecule has 0 bridgehead atoms. The van der Waals surface area contributed by atoms with E-state index in [1.165, 1.54) is 56.6 Å². The first-order valence-corrected chi connectivity index (χ1v) is 7.98. The lowest BCUT2D eigenvalue weighted by Crippen LogP contribution is -2.27. The Balaban J connectivity index is 1.69. The highest BCUT2D eigenvalue weighted by Crippen LogP contribution is 2.27. The minimum Gasteiger partial charge on any atom is -0.330 e. The standard InChI is InChI=1S/C15H26N4/c16-10-13-7-8-14-17-18-15(19(14)11-13)9-12-5-3-1-2-4-6-12/h12-13H,1-11,16H2. The summed E-state index contributed by atoms with van der Waals surface area (Å²) < 4.78 is 2.37. The number of hydrogen-bond donors (Lipinski definition) is 1. The number of hydrogen-bond acceptors (Lipinski definition) is 3. The zero-order chi connectivity index (χ0) is 13.1. The van der Waals surface area contributed by atoms with Gasteiger partial charge >= 0.3 is 0 Å². The summed E-state index contributed by atoms with van der Waals surface area (Å²) in [6.07, 6.45) is 11.8. The summed E-state index contributed by atoms with van der Waals surface area (Å²) >= 11 is 0. The van der Waals surface area contributed by atoms with Crippen LogP contribution in [0.5, 0.6) is 0 Å². The Morgan fingerprint density at radius 1 is 1.00 bits per heavy atom. The Morgan fingerprint density at radius 3 is 2.53 bits per heavy atom. The quantitative estimate of drug-likeness (QED) is 0.850. The Morgan fingerprint density at radius 2 is 1.79 bits per heavy atom. The van der Waals surface area contributed by atoms with E-state index in [9.17, 15) is 0 Å². The maximum Gasteiger partial charge on any atom is 0.133 e. The molecule has 2 aliphatic rings. The number of aromatic nitrogens is 3. The van der Waals surface area contributed by atoms with Gasteiger partial charge in [0.15, 0.2) is 0 Å². The van der Waals surface area contributed by atoms with Gasteiger partial charge in [0, 0.05) is 19.4 Å². The summed E-state index contributed by atoms with van der Waals surface area (Å²) in [5, 5.41) is 8.85. The molecule has 0 spiro atoms. The highest BCUT2D eigenvalue weighted by Gasteiger charge is 2.23. The van der Waals surface area contributed by atoms with Crippen LogP contribution in [0.25, 0.3) is 0 Å². The summed E-state index contributed by atoms with van der Waals surface area (Å²) in [6.45, 7) is 1.83. The molecule has 1 atom stereocenters. The molecular weight excluding hydrogens is 236 g/mol. The van der Waals surface area contributed by atoms with Crippen LogP contribution < -0.4 is 5.73 Å². The molecule has 19 heavy (non-hydrogen) atoms. The van der Waals surface area contributed by atoms with Crippen molar-refractivity contribution in [1.29, 1.82) is 0 Å². The SMILES string of the molecule is NCC1CCc2nnc(CC3CCCCCC3)n2C1. The third kappa shape index (κ3) is 2.99. The van der Waals surface area contributed by atoms with E-state index in [0.717, 1.165) is 31.8 Å². The summed E-state index contributed by atoms with van der Waals surface area (Å²) in [5.41, 5.74) is 5.83. The van der Waals surface area contributed by atoms with Gasteiger partial charge in [-0.15, -0.1) is 10.2 Å². The Kier molecular flexibility index (Phi) is 4.16. The minimum absolute atomic E-state index is 0.622. The molecule has 4 heteroatoms. The van der Waals surface area contributed by atoms with E-state index in [2.05, 4.69) is 14.8 Å². The first-order chi connectivity index (χ1) is 9.36. The summed E-state index contributed by atoms with van der Waals surface area (Å²) in [5.74, 6) is 3.86. The average Bonchev–Trinajstić information content (AvgIpc) is 2.66. The molecule has 3 rings (SSSR count). The number of rotatable bonds is 3. The van der Waals surface area contributed by atoms with Crippen molar-refractivity contribution in [2.24, 2.45) is 17.6 Å². The third-order valence-electron chi connectivity index (χ3n) is 4.90. The molecule has 2 heterocycles. The molecule has 1 aromatic heterocycles. The van der Waals surface area contributed by atoms with Gasteiger partial charge in [0.2, 0.25) is 0 Å². The largest absolute Gasteiger partial charge is 0.330 e. The van der Waals surface area contributed by atoms with Gasteiger partial charge in [0.05, 0.1) is 0 Å². The van der Waals surface area contributed by atoms with E-state index >= 15 is 0 Å². The summed E-state index contributed by atoms with van der Waals surface area (Å²) in [7, 11) is 0. The van der Waals surface area contributed by atoms with E-state index in [1.54, 1.807) is 0 Å². The monoisotopic (exact) mass is 262 g/mol. The molecule has 106 valence electrons. The molecule has 1 saturated carbocycles. The van der Waals surface area contributed by atoms with Crippen LogP contribution in [0.1, 0.15) is 56.6 Å². The van der Waals surface area contributed by atoms with Crippen LogP contribution in [-0.2, 0) is 19.4 Å². The van der Waals surface area contributed by atoms with Crippen LogP contribution >= 0.6 is 0 Å². The van der Waals surface area contributed by atoms with Gasteiger partial charge in [0.25, 0.3) is 0 Å². The molecule has 0 aromatic carbocycles. The lowest BCUT2D eigenvalue weighted by Gasteiger charge is -2.24. The van der Waals surface area contributed by atoms with Crippen molar-refractivity contribution in [1.82, 2.24) is 14.8 Å². The second-order valence-electron chi connectivity index (χ2n) is 6.35. The predicted octanol–water partition coefficient (Wildman–Crippen LogP) is 2.31. The Labute approximate surface area is 115 Å². The summed E-state index contributed by atoms with van der Waals surface area (Å²) in [4.78, 5) is 0. The van der Waals surface area contributed by atoms with Crippen molar-refractivity contribution in [3.05, 3.63) is 11.6 Å². The predicted molar refractivity (Wildman–Crippen MR) is 75.8 cm³/mol. The van der Waals surface area contributed by atoms with Gasteiger partial charge in [-0.25, -0.2) is 0 Å². The number of aryl methyl sites for hydroxylation is 1. The molecule has 1 aromatic rings. The first kappa shape index (κ1) is 13.1. The maximum absolute atomic E-state index is 5.83. The lowest BCUT2D eigenvalue weighted by molar-refractivity contribution is 0.356. The van der Waals surface area contributed by atoms with Crippen LogP contribution in [0.15, 0.2) is 0 Å². The molecule has 1 aliphatic heterocycles. The first-order valence-electron chi connectivity index (χ1n) is 7.98. The zero-order valence-electron chi connectivity index (χ0n) is 11.9. The van der Waals surface area contributed by atoms with E-state index in [-0.39, 0.29) is 0 Å². The van der Waals surface area contributed by atoms with Crippen molar-refractivity contribution < 1.29 is 0 Å². The molecule has 1 aliphatic carbocycles. The topological polar surface area (TPSA) is 56.7 Å². The zero-order valence-corrected chi connectivity index (χ0v) is 11.9. The fourth-order valence-corrected chi connectivity index (χ4v) is 3.62. The molecule has 4 nitrogen and oxygen atoms in total. The van der Waals surface area contributed by atoms with E-state index in [1.807, 2.05) is 0 Å². The normalized spacial score (nSPS) is 25.0. The Bertz CT molecular complexity index is 404.